The van der Waals surface area contributed by atoms with Crippen LogP contribution < -0.4 is 5.32 Å². The van der Waals surface area contributed by atoms with Crippen LogP contribution >= 0.6 is 23.3 Å². The van der Waals surface area contributed by atoms with Gasteiger partial charge in [0.05, 0.1) is 0 Å². The van der Waals surface area contributed by atoms with Crippen LogP contribution in [0.4, 0.5) is 0 Å². The SMILES string of the molecule is CNC1CCCC(Sc2ncns2)C1. The largest absolute Gasteiger partial charge is 0.317 e. The first-order valence-corrected chi connectivity index (χ1v) is 6.64. The summed E-state index contributed by atoms with van der Waals surface area (Å²) in [7, 11) is 2.06. The third-order valence-electron chi connectivity index (χ3n) is 2.64. The molecule has 1 aromatic rings. The van der Waals surface area contributed by atoms with Gasteiger partial charge in [-0.3, -0.25) is 0 Å². The van der Waals surface area contributed by atoms with Crippen molar-refractivity contribution in [3.63, 3.8) is 0 Å². The molecule has 2 rings (SSSR count). The molecule has 2 unspecified atom stereocenters. The smallest absolute Gasteiger partial charge is 0.170 e. The summed E-state index contributed by atoms with van der Waals surface area (Å²) in [5.74, 6) is 0. The first kappa shape index (κ1) is 10.4. The first-order chi connectivity index (χ1) is 6.88. The van der Waals surface area contributed by atoms with Crippen molar-refractivity contribution in [2.75, 3.05) is 7.05 Å². The molecule has 14 heavy (non-hydrogen) atoms. The summed E-state index contributed by atoms with van der Waals surface area (Å²) in [5.41, 5.74) is 0. The van der Waals surface area contributed by atoms with E-state index in [-0.39, 0.29) is 0 Å². The maximum Gasteiger partial charge on any atom is 0.170 e. The topological polar surface area (TPSA) is 37.8 Å². The van der Waals surface area contributed by atoms with E-state index >= 15 is 0 Å². The Bertz CT molecular complexity index is 263. The Kier molecular flexibility index (Phi) is 3.78. The molecule has 0 aromatic carbocycles. The molecule has 0 aliphatic heterocycles. The Labute approximate surface area is 92.9 Å². The number of nitrogens with zero attached hydrogens (tertiary/aromatic N) is 2. The number of rotatable bonds is 3. The number of thioether (sulfide) groups is 1. The van der Waals surface area contributed by atoms with Gasteiger partial charge in [0, 0.05) is 11.3 Å². The molecule has 1 aromatic heterocycles. The number of aromatic nitrogens is 2. The highest BCUT2D eigenvalue weighted by Gasteiger charge is 2.22. The minimum Gasteiger partial charge on any atom is -0.317 e. The molecule has 5 heteroatoms. The highest BCUT2D eigenvalue weighted by molar-refractivity contribution is 8.01. The van der Waals surface area contributed by atoms with E-state index < -0.39 is 0 Å². The number of nitrogens with one attached hydrogen (secondary N) is 1. The van der Waals surface area contributed by atoms with Crippen LogP contribution in [0.5, 0.6) is 0 Å². The molecule has 1 saturated carbocycles. The lowest BCUT2D eigenvalue weighted by atomic mass is 9.95. The minimum absolute atomic E-state index is 0.703. The van der Waals surface area contributed by atoms with Gasteiger partial charge >= 0.3 is 0 Å². The summed E-state index contributed by atoms with van der Waals surface area (Å²) in [5, 5.41) is 4.10. The number of hydrogen-bond donors (Lipinski definition) is 1. The minimum atomic E-state index is 0.703. The van der Waals surface area contributed by atoms with Crippen molar-refractivity contribution in [3.8, 4) is 0 Å². The Hall–Kier alpha value is -0.130. The lowest BCUT2D eigenvalue weighted by molar-refractivity contribution is 0.402. The summed E-state index contributed by atoms with van der Waals surface area (Å²) in [4.78, 5) is 4.21. The van der Waals surface area contributed by atoms with Crippen LogP contribution in [-0.2, 0) is 0 Å². The van der Waals surface area contributed by atoms with Gasteiger partial charge in [0.2, 0.25) is 0 Å². The zero-order chi connectivity index (χ0) is 9.80. The van der Waals surface area contributed by atoms with Crippen molar-refractivity contribution >= 4 is 23.3 Å². The fraction of sp³-hybridized carbons (Fsp3) is 0.778. The quantitative estimate of drug-likeness (QED) is 0.862. The fourth-order valence-corrected chi connectivity index (χ4v) is 3.87. The summed E-state index contributed by atoms with van der Waals surface area (Å²) >= 11 is 3.40. The lowest BCUT2D eigenvalue weighted by Gasteiger charge is -2.27. The van der Waals surface area contributed by atoms with Crippen molar-refractivity contribution in [2.24, 2.45) is 0 Å². The van der Waals surface area contributed by atoms with Crippen LogP contribution in [0.2, 0.25) is 0 Å². The molecule has 0 saturated heterocycles. The fourth-order valence-electron chi connectivity index (χ4n) is 1.87. The molecule has 0 spiro atoms. The van der Waals surface area contributed by atoms with Gasteiger partial charge in [-0.1, -0.05) is 18.2 Å². The van der Waals surface area contributed by atoms with Gasteiger partial charge < -0.3 is 5.32 Å². The lowest BCUT2D eigenvalue weighted by Crippen LogP contribution is -2.32. The van der Waals surface area contributed by atoms with Gasteiger partial charge in [-0.2, -0.15) is 4.37 Å². The van der Waals surface area contributed by atoms with E-state index in [2.05, 4.69) is 21.7 Å². The number of hydrogen-bond acceptors (Lipinski definition) is 5. The Morgan fingerprint density at radius 2 is 2.50 bits per heavy atom. The maximum atomic E-state index is 4.21. The maximum absolute atomic E-state index is 4.21. The van der Waals surface area contributed by atoms with Gasteiger partial charge in [0.15, 0.2) is 4.34 Å². The predicted molar refractivity (Wildman–Crippen MR) is 60.9 cm³/mol. The van der Waals surface area contributed by atoms with E-state index in [1.54, 1.807) is 6.33 Å². The molecule has 3 nitrogen and oxygen atoms in total. The average molecular weight is 229 g/mol. The molecule has 0 amide bonds. The van der Waals surface area contributed by atoms with Crippen LogP contribution in [0, 0.1) is 0 Å². The molecule has 0 bridgehead atoms. The highest BCUT2D eigenvalue weighted by atomic mass is 32.2. The molecular weight excluding hydrogens is 214 g/mol. The predicted octanol–water partition coefficient (Wildman–Crippen LogP) is 2.16. The molecule has 0 radical (unpaired) electrons. The molecular formula is C9H15N3S2. The van der Waals surface area contributed by atoms with Crippen LogP contribution in [0.15, 0.2) is 10.7 Å². The van der Waals surface area contributed by atoms with E-state index in [4.69, 9.17) is 0 Å². The van der Waals surface area contributed by atoms with Crippen molar-refractivity contribution in [1.82, 2.24) is 14.7 Å². The Morgan fingerprint density at radius 1 is 1.57 bits per heavy atom. The molecule has 1 aliphatic carbocycles. The normalized spacial score (nSPS) is 27.8. The molecule has 1 aliphatic rings. The Balaban J connectivity index is 1.86. The Morgan fingerprint density at radius 3 is 3.21 bits per heavy atom. The third-order valence-corrected chi connectivity index (χ3v) is 4.69. The van der Waals surface area contributed by atoms with E-state index in [0.29, 0.717) is 6.04 Å². The summed E-state index contributed by atoms with van der Waals surface area (Å²) in [6.45, 7) is 0. The summed E-state index contributed by atoms with van der Waals surface area (Å²) in [6, 6.07) is 0.703. The van der Waals surface area contributed by atoms with Crippen molar-refractivity contribution in [2.45, 2.75) is 41.3 Å². The van der Waals surface area contributed by atoms with E-state index in [9.17, 15) is 0 Å². The zero-order valence-corrected chi connectivity index (χ0v) is 9.90. The third kappa shape index (κ3) is 2.68. The second-order valence-electron chi connectivity index (χ2n) is 3.60. The molecule has 1 fully saturated rings. The zero-order valence-electron chi connectivity index (χ0n) is 8.27. The van der Waals surface area contributed by atoms with Crippen LogP contribution in [0.25, 0.3) is 0 Å². The van der Waals surface area contributed by atoms with Crippen molar-refractivity contribution in [1.29, 1.82) is 0 Å². The van der Waals surface area contributed by atoms with E-state index in [0.717, 1.165) is 9.59 Å². The highest BCUT2D eigenvalue weighted by Crippen LogP contribution is 2.33. The monoisotopic (exact) mass is 229 g/mol. The van der Waals surface area contributed by atoms with Crippen molar-refractivity contribution < 1.29 is 0 Å². The molecule has 78 valence electrons. The van der Waals surface area contributed by atoms with Crippen molar-refractivity contribution in [3.05, 3.63) is 6.33 Å². The van der Waals surface area contributed by atoms with E-state index in [1.165, 1.54) is 37.2 Å². The first-order valence-electron chi connectivity index (χ1n) is 4.99. The average Bonchev–Trinajstić information content (AvgIpc) is 2.71. The van der Waals surface area contributed by atoms with Crippen LogP contribution in [0.1, 0.15) is 25.7 Å². The summed E-state index contributed by atoms with van der Waals surface area (Å²) < 4.78 is 5.14. The second-order valence-corrected chi connectivity index (χ2v) is 5.93. The van der Waals surface area contributed by atoms with Crippen LogP contribution in [-0.4, -0.2) is 27.7 Å². The standard InChI is InChI=1S/C9H15N3S2/c1-10-7-3-2-4-8(5-7)13-9-11-6-12-14-9/h6-8,10H,2-5H2,1H3. The van der Waals surface area contributed by atoms with Gasteiger partial charge in [-0.25, -0.2) is 4.98 Å². The van der Waals surface area contributed by atoms with Gasteiger partial charge in [-0.15, -0.1) is 0 Å². The van der Waals surface area contributed by atoms with Gasteiger partial charge in [0.25, 0.3) is 0 Å². The molecule has 1 N–H and O–H groups in total. The molecule has 1 heterocycles. The summed E-state index contributed by atoms with van der Waals surface area (Å²) in [6.07, 6.45) is 6.89. The van der Waals surface area contributed by atoms with Gasteiger partial charge in [0.1, 0.15) is 6.33 Å². The second kappa shape index (κ2) is 5.09. The molecule has 2 atom stereocenters. The van der Waals surface area contributed by atoms with Gasteiger partial charge in [-0.05, 0) is 37.8 Å². The van der Waals surface area contributed by atoms with E-state index in [1.807, 2.05) is 11.8 Å². The van der Waals surface area contributed by atoms with Crippen LogP contribution in [0.3, 0.4) is 0 Å².